The minimum atomic E-state index is -0.0633. The van der Waals surface area contributed by atoms with Gasteiger partial charge in [-0.1, -0.05) is 34.5 Å². The van der Waals surface area contributed by atoms with Gasteiger partial charge in [0.25, 0.3) is 5.91 Å². The van der Waals surface area contributed by atoms with Gasteiger partial charge in [-0.2, -0.15) is 0 Å². The van der Waals surface area contributed by atoms with Gasteiger partial charge >= 0.3 is 0 Å². The van der Waals surface area contributed by atoms with E-state index in [-0.39, 0.29) is 5.91 Å². The van der Waals surface area contributed by atoms with Crippen LogP contribution in [0, 0.1) is 6.92 Å². The Morgan fingerprint density at radius 3 is 2.76 bits per heavy atom. The molecule has 1 aromatic carbocycles. The molecular formula is C20H21Cl2N3O2S2. The van der Waals surface area contributed by atoms with E-state index < -0.39 is 0 Å². The topological polar surface area (TPSA) is 45.7 Å². The van der Waals surface area contributed by atoms with Gasteiger partial charge in [-0.15, -0.1) is 11.3 Å². The lowest BCUT2D eigenvalue weighted by Gasteiger charge is -2.27. The van der Waals surface area contributed by atoms with Crippen molar-refractivity contribution in [3.8, 4) is 0 Å². The van der Waals surface area contributed by atoms with Crippen LogP contribution in [-0.2, 0) is 4.74 Å². The number of carbonyl (C=O) groups excluding carboxylic acids is 1. The summed E-state index contributed by atoms with van der Waals surface area (Å²) in [5.74, 6) is -0.0633. The molecule has 1 fully saturated rings. The zero-order chi connectivity index (χ0) is 20.4. The van der Waals surface area contributed by atoms with Crippen LogP contribution >= 0.6 is 45.9 Å². The second-order valence-corrected chi connectivity index (χ2v) is 10.1. The summed E-state index contributed by atoms with van der Waals surface area (Å²) in [7, 11) is 0. The minimum absolute atomic E-state index is 0.0633. The molecule has 29 heavy (non-hydrogen) atoms. The number of ether oxygens (including phenoxy) is 1. The normalized spacial score (nSPS) is 15.1. The van der Waals surface area contributed by atoms with Crippen LogP contribution in [0.15, 0.2) is 24.3 Å². The Labute approximate surface area is 187 Å². The summed E-state index contributed by atoms with van der Waals surface area (Å²) in [6, 6.07) is 7.34. The molecule has 0 spiro atoms. The number of benzene rings is 1. The van der Waals surface area contributed by atoms with E-state index in [9.17, 15) is 4.79 Å². The number of fused-ring (bicyclic) bond motifs is 1. The zero-order valence-electron chi connectivity index (χ0n) is 16.0. The molecule has 0 saturated carbocycles. The van der Waals surface area contributed by atoms with Crippen molar-refractivity contribution in [1.29, 1.82) is 0 Å². The van der Waals surface area contributed by atoms with Gasteiger partial charge in [-0.3, -0.25) is 14.6 Å². The van der Waals surface area contributed by atoms with Crippen molar-refractivity contribution >= 4 is 67.1 Å². The first kappa shape index (κ1) is 21.0. The van der Waals surface area contributed by atoms with Gasteiger partial charge in [0.05, 0.1) is 32.6 Å². The van der Waals surface area contributed by atoms with E-state index in [4.69, 9.17) is 32.9 Å². The van der Waals surface area contributed by atoms with E-state index in [1.54, 1.807) is 17.0 Å². The summed E-state index contributed by atoms with van der Waals surface area (Å²) in [5.41, 5.74) is 1.90. The molecular weight excluding hydrogens is 449 g/mol. The number of halogens is 2. The molecule has 154 valence electrons. The van der Waals surface area contributed by atoms with Crippen LogP contribution in [-0.4, -0.2) is 55.2 Å². The highest BCUT2D eigenvalue weighted by Gasteiger charge is 2.23. The van der Waals surface area contributed by atoms with Crippen molar-refractivity contribution in [3.05, 3.63) is 44.1 Å². The summed E-state index contributed by atoms with van der Waals surface area (Å²) in [5, 5.41) is 1.38. The number of hydrogen-bond donors (Lipinski definition) is 0. The fourth-order valence-corrected chi connectivity index (χ4v) is 5.82. The molecule has 0 N–H and O–H groups in total. The van der Waals surface area contributed by atoms with Crippen molar-refractivity contribution < 1.29 is 9.53 Å². The lowest BCUT2D eigenvalue weighted by Crippen LogP contribution is -2.39. The predicted molar refractivity (Wildman–Crippen MR) is 122 cm³/mol. The quantitative estimate of drug-likeness (QED) is 0.488. The maximum Gasteiger partial charge on any atom is 0.270 e. The molecule has 0 bridgehead atoms. The number of morpholine rings is 1. The van der Waals surface area contributed by atoms with Crippen LogP contribution in [0.3, 0.4) is 0 Å². The largest absolute Gasteiger partial charge is 0.379 e. The zero-order valence-corrected chi connectivity index (χ0v) is 19.1. The molecule has 1 aliphatic rings. The number of anilines is 1. The smallest absolute Gasteiger partial charge is 0.270 e. The number of nitrogens with zero attached hydrogens (tertiary/aromatic N) is 3. The SMILES string of the molecule is Cc1cc(Cl)cc2sc(N(CCCN3CCOCC3)C(=O)c3ccc(Cl)s3)nc12. The summed E-state index contributed by atoms with van der Waals surface area (Å²) < 4.78 is 7.00. The summed E-state index contributed by atoms with van der Waals surface area (Å²) in [6.07, 6.45) is 0.862. The molecule has 0 aliphatic carbocycles. The van der Waals surface area contributed by atoms with E-state index in [1.807, 2.05) is 19.1 Å². The van der Waals surface area contributed by atoms with Gasteiger partial charge in [0.15, 0.2) is 5.13 Å². The Bertz CT molecular complexity index is 1010. The molecule has 0 atom stereocenters. The number of hydrogen-bond acceptors (Lipinski definition) is 6. The van der Waals surface area contributed by atoms with Crippen LogP contribution in [0.2, 0.25) is 9.36 Å². The Kier molecular flexibility index (Phi) is 6.73. The standard InChI is InChI=1S/C20H21Cl2N3O2S2/c1-13-11-14(21)12-16-18(13)23-20(29-16)25(19(26)15-3-4-17(22)28-15)6-2-5-24-7-9-27-10-8-24/h3-4,11-12H,2,5-10H2,1H3. The highest BCUT2D eigenvalue weighted by molar-refractivity contribution is 7.22. The van der Waals surface area contributed by atoms with Crippen molar-refractivity contribution in [2.45, 2.75) is 13.3 Å². The van der Waals surface area contributed by atoms with E-state index in [0.29, 0.717) is 25.9 Å². The summed E-state index contributed by atoms with van der Waals surface area (Å²) >= 11 is 15.1. The molecule has 9 heteroatoms. The molecule has 5 nitrogen and oxygen atoms in total. The Morgan fingerprint density at radius 1 is 1.24 bits per heavy atom. The fourth-order valence-electron chi connectivity index (χ4n) is 3.38. The molecule has 3 heterocycles. The second-order valence-electron chi connectivity index (χ2n) is 6.93. The Balaban J connectivity index is 1.58. The number of rotatable bonds is 6. The average Bonchev–Trinajstić information content (AvgIpc) is 3.32. The lowest BCUT2D eigenvalue weighted by molar-refractivity contribution is 0.0376. The average molecular weight is 470 g/mol. The lowest BCUT2D eigenvalue weighted by atomic mass is 10.2. The summed E-state index contributed by atoms with van der Waals surface area (Å²) in [6.45, 7) is 6.93. The van der Waals surface area contributed by atoms with Crippen LogP contribution < -0.4 is 4.90 Å². The fraction of sp³-hybridized carbons (Fsp3) is 0.400. The van der Waals surface area contributed by atoms with Gasteiger partial charge in [-0.05, 0) is 43.2 Å². The molecule has 0 radical (unpaired) electrons. The number of thiophene rings is 1. The molecule has 3 aromatic rings. The molecule has 1 aliphatic heterocycles. The monoisotopic (exact) mass is 469 g/mol. The Hall–Kier alpha value is -1.22. The van der Waals surface area contributed by atoms with Gasteiger partial charge in [0.1, 0.15) is 0 Å². The van der Waals surface area contributed by atoms with Gasteiger partial charge < -0.3 is 4.74 Å². The van der Waals surface area contributed by atoms with Crippen LogP contribution in [0.1, 0.15) is 21.7 Å². The molecule has 1 saturated heterocycles. The number of aryl methyl sites for hydroxylation is 1. The minimum Gasteiger partial charge on any atom is -0.379 e. The van der Waals surface area contributed by atoms with Gasteiger partial charge in [-0.25, -0.2) is 4.98 Å². The van der Waals surface area contributed by atoms with Crippen molar-refractivity contribution in [1.82, 2.24) is 9.88 Å². The maximum atomic E-state index is 13.3. The third-order valence-corrected chi connectivity index (χ3v) is 7.32. The number of carbonyl (C=O) groups is 1. The Morgan fingerprint density at radius 2 is 2.03 bits per heavy atom. The first-order chi connectivity index (χ1) is 14.0. The van der Waals surface area contributed by atoms with Crippen LogP contribution in [0.25, 0.3) is 10.2 Å². The van der Waals surface area contributed by atoms with Crippen molar-refractivity contribution in [3.63, 3.8) is 0 Å². The molecule has 2 aromatic heterocycles. The number of thiazole rings is 1. The van der Waals surface area contributed by atoms with Crippen LogP contribution in [0.4, 0.5) is 5.13 Å². The third-order valence-electron chi connectivity index (χ3n) is 4.86. The van der Waals surface area contributed by atoms with E-state index in [1.165, 1.54) is 22.7 Å². The van der Waals surface area contributed by atoms with E-state index >= 15 is 0 Å². The van der Waals surface area contributed by atoms with E-state index in [2.05, 4.69) is 4.90 Å². The van der Waals surface area contributed by atoms with Crippen molar-refractivity contribution in [2.24, 2.45) is 0 Å². The predicted octanol–water partition coefficient (Wildman–Crippen LogP) is 5.34. The van der Waals surface area contributed by atoms with Gasteiger partial charge in [0.2, 0.25) is 0 Å². The summed E-state index contributed by atoms with van der Waals surface area (Å²) in [4.78, 5) is 22.8. The third kappa shape index (κ3) is 4.93. The first-order valence-corrected chi connectivity index (χ1v) is 11.8. The molecule has 0 unspecified atom stereocenters. The molecule has 1 amide bonds. The number of aromatic nitrogens is 1. The number of amides is 1. The highest BCUT2D eigenvalue weighted by atomic mass is 35.5. The maximum absolute atomic E-state index is 13.3. The second kappa shape index (κ2) is 9.29. The van der Waals surface area contributed by atoms with E-state index in [0.717, 1.165) is 55.0 Å². The first-order valence-electron chi connectivity index (χ1n) is 9.45. The van der Waals surface area contributed by atoms with Crippen LogP contribution in [0.5, 0.6) is 0 Å². The van der Waals surface area contributed by atoms with Crippen molar-refractivity contribution in [2.75, 3.05) is 44.3 Å². The molecule has 4 rings (SSSR count). The highest BCUT2D eigenvalue weighted by Crippen LogP contribution is 2.34. The van der Waals surface area contributed by atoms with Gasteiger partial charge in [0, 0.05) is 31.2 Å².